The van der Waals surface area contributed by atoms with E-state index in [4.69, 9.17) is 0 Å². The van der Waals surface area contributed by atoms with Crippen LogP contribution in [-0.4, -0.2) is 38.5 Å². The Hall–Kier alpha value is -1.51. The molecule has 0 aromatic heterocycles. The zero-order valence-electron chi connectivity index (χ0n) is 10.9. The average molecular weight is 231 g/mol. The van der Waals surface area contributed by atoms with Gasteiger partial charge in [0.15, 0.2) is 5.96 Å². The summed E-state index contributed by atoms with van der Waals surface area (Å²) in [7, 11) is 5.85. The molecule has 17 heavy (non-hydrogen) atoms. The number of rotatable bonds is 3. The third-order valence-electron chi connectivity index (χ3n) is 3.46. The molecule has 0 radical (unpaired) electrons. The van der Waals surface area contributed by atoms with Crippen molar-refractivity contribution in [1.29, 1.82) is 0 Å². The Morgan fingerprint density at radius 2 is 1.94 bits per heavy atom. The van der Waals surface area contributed by atoms with E-state index in [9.17, 15) is 0 Å². The van der Waals surface area contributed by atoms with E-state index in [2.05, 4.69) is 40.6 Å². The number of nitrogens with one attached hydrogen (secondary N) is 1. The second kappa shape index (κ2) is 4.78. The number of guanidine groups is 1. The molecule has 0 amide bonds. The van der Waals surface area contributed by atoms with Crippen LogP contribution in [0.1, 0.15) is 18.4 Å². The fourth-order valence-corrected chi connectivity index (χ4v) is 2.20. The normalized spacial score (nSPS) is 17.7. The monoisotopic (exact) mass is 231 g/mol. The van der Waals surface area contributed by atoms with Crippen LogP contribution in [0, 0.1) is 0 Å². The minimum atomic E-state index is 0.340. The predicted molar refractivity (Wildman–Crippen MR) is 72.4 cm³/mol. The molecule has 0 atom stereocenters. The number of aliphatic imine (C=N–C) groups is 1. The molecule has 2 rings (SSSR count). The number of benzene rings is 1. The van der Waals surface area contributed by atoms with Crippen molar-refractivity contribution < 1.29 is 0 Å². The maximum Gasteiger partial charge on any atom is 0.193 e. The summed E-state index contributed by atoms with van der Waals surface area (Å²) in [6, 6.07) is 10.8. The fraction of sp³-hybridized carbons (Fsp3) is 0.500. The third kappa shape index (κ3) is 2.60. The van der Waals surface area contributed by atoms with Gasteiger partial charge in [-0.25, -0.2) is 0 Å². The van der Waals surface area contributed by atoms with Gasteiger partial charge in [-0.05, 0) is 18.4 Å². The van der Waals surface area contributed by atoms with E-state index in [1.807, 2.05) is 26.0 Å². The highest BCUT2D eigenvalue weighted by Crippen LogP contribution is 2.47. The summed E-state index contributed by atoms with van der Waals surface area (Å²) in [5.74, 6) is 0.951. The predicted octanol–water partition coefficient (Wildman–Crippen LogP) is 1.86. The number of hydrogen-bond donors (Lipinski definition) is 1. The summed E-state index contributed by atoms with van der Waals surface area (Å²) in [5, 5.41) is 3.45. The highest BCUT2D eigenvalue weighted by atomic mass is 15.3. The first-order chi connectivity index (χ1) is 8.18. The molecule has 92 valence electrons. The second-order valence-electron chi connectivity index (χ2n) is 4.94. The van der Waals surface area contributed by atoms with Crippen LogP contribution in [0.5, 0.6) is 0 Å². The fourth-order valence-electron chi connectivity index (χ4n) is 2.20. The van der Waals surface area contributed by atoms with E-state index in [1.54, 1.807) is 0 Å². The standard InChI is InChI=1S/C14H21N3/c1-15-13(17(2)3)16-11-14(9-10-14)12-7-5-4-6-8-12/h4-8H,9-11H2,1-3H3,(H,15,16). The lowest BCUT2D eigenvalue weighted by Crippen LogP contribution is -2.40. The second-order valence-corrected chi connectivity index (χ2v) is 4.94. The lowest BCUT2D eigenvalue weighted by molar-refractivity contribution is 0.559. The van der Waals surface area contributed by atoms with Gasteiger partial charge in [0.1, 0.15) is 0 Å². The molecule has 0 aliphatic heterocycles. The van der Waals surface area contributed by atoms with Crippen LogP contribution in [0.15, 0.2) is 35.3 Å². The summed E-state index contributed by atoms with van der Waals surface area (Å²) < 4.78 is 0. The van der Waals surface area contributed by atoms with E-state index >= 15 is 0 Å². The van der Waals surface area contributed by atoms with Crippen molar-refractivity contribution in [2.24, 2.45) is 4.99 Å². The molecule has 1 N–H and O–H groups in total. The Bertz CT molecular complexity index is 391. The van der Waals surface area contributed by atoms with Crippen LogP contribution in [0.4, 0.5) is 0 Å². The number of nitrogens with zero attached hydrogens (tertiary/aromatic N) is 2. The van der Waals surface area contributed by atoms with Gasteiger partial charge in [0.2, 0.25) is 0 Å². The Kier molecular flexibility index (Phi) is 3.36. The average Bonchev–Trinajstić information content (AvgIpc) is 3.12. The van der Waals surface area contributed by atoms with Gasteiger partial charge in [-0.3, -0.25) is 4.99 Å². The SMILES string of the molecule is CN=C(NCC1(c2ccccc2)CC1)N(C)C. The topological polar surface area (TPSA) is 27.6 Å². The Balaban J connectivity index is 2.00. The number of hydrogen-bond acceptors (Lipinski definition) is 1. The molecule has 0 unspecified atom stereocenters. The molecule has 3 heteroatoms. The van der Waals surface area contributed by atoms with Crippen molar-refractivity contribution in [3.8, 4) is 0 Å². The van der Waals surface area contributed by atoms with Crippen LogP contribution in [-0.2, 0) is 5.41 Å². The van der Waals surface area contributed by atoms with Crippen LogP contribution in [0.2, 0.25) is 0 Å². The minimum Gasteiger partial charge on any atom is -0.355 e. The Morgan fingerprint density at radius 1 is 1.29 bits per heavy atom. The molecule has 0 saturated heterocycles. The first-order valence-corrected chi connectivity index (χ1v) is 6.11. The molecule has 0 heterocycles. The maximum atomic E-state index is 4.24. The summed E-state index contributed by atoms with van der Waals surface area (Å²) in [6.07, 6.45) is 2.54. The molecule has 1 aromatic rings. The lowest BCUT2D eigenvalue weighted by atomic mass is 9.96. The van der Waals surface area contributed by atoms with Crippen molar-refractivity contribution in [3.63, 3.8) is 0 Å². The quantitative estimate of drug-likeness (QED) is 0.635. The summed E-state index contributed by atoms with van der Waals surface area (Å²) >= 11 is 0. The molecular weight excluding hydrogens is 210 g/mol. The molecule has 3 nitrogen and oxygen atoms in total. The van der Waals surface area contributed by atoms with Crippen LogP contribution in [0.25, 0.3) is 0 Å². The van der Waals surface area contributed by atoms with E-state index in [1.165, 1.54) is 18.4 Å². The summed E-state index contributed by atoms with van der Waals surface area (Å²) in [4.78, 5) is 6.26. The van der Waals surface area contributed by atoms with Crippen molar-refractivity contribution in [2.45, 2.75) is 18.3 Å². The summed E-state index contributed by atoms with van der Waals surface area (Å²) in [6.45, 7) is 0.974. The van der Waals surface area contributed by atoms with E-state index in [0.717, 1.165) is 12.5 Å². The van der Waals surface area contributed by atoms with Gasteiger partial charge >= 0.3 is 0 Å². The van der Waals surface area contributed by atoms with Crippen LogP contribution < -0.4 is 5.32 Å². The van der Waals surface area contributed by atoms with Gasteiger partial charge in [0.25, 0.3) is 0 Å². The maximum absolute atomic E-state index is 4.24. The Labute approximate surface area is 104 Å². The van der Waals surface area contributed by atoms with Gasteiger partial charge < -0.3 is 10.2 Å². The lowest BCUT2D eigenvalue weighted by Gasteiger charge is -2.21. The van der Waals surface area contributed by atoms with E-state index in [0.29, 0.717) is 5.41 Å². The van der Waals surface area contributed by atoms with E-state index in [-0.39, 0.29) is 0 Å². The first-order valence-electron chi connectivity index (χ1n) is 6.11. The van der Waals surface area contributed by atoms with E-state index < -0.39 is 0 Å². The molecule has 0 bridgehead atoms. The largest absolute Gasteiger partial charge is 0.355 e. The zero-order valence-corrected chi connectivity index (χ0v) is 10.9. The molecule has 1 aliphatic carbocycles. The van der Waals surface area contributed by atoms with Crippen molar-refractivity contribution in [3.05, 3.63) is 35.9 Å². The van der Waals surface area contributed by atoms with Crippen molar-refractivity contribution in [1.82, 2.24) is 10.2 Å². The summed E-state index contributed by atoms with van der Waals surface area (Å²) in [5.41, 5.74) is 1.79. The van der Waals surface area contributed by atoms with Crippen LogP contribution >= 0.6 is 0 Å². The van der Waals surface area contributed by atoms with Gasteiger partial charge in [0, 0.05) is 33.1 Å². The molecule has 1 aromatic carbocycles. The highest BCUT2D eigenvalue weighted by Gasteiger charge is 2.44. The molecule has 1 aliphatic rings. The van der Waals surface area contributed by atoms with Gasteiger partial charge in [0.05, 0.1) is 0 Å². The first kappa shape index (κ1) is 12.0. The Morgan fingerprint density at radius 3 is 2.41 bits per heavy atom. The van der Waals surface area contributed by atoms with Crippen LogP contribution in [0.3, 0.4) is 0 Å². The smallest absolute Gasteiger partial charge is 0.193 e. The van der Waals surface area contributed by atoms with Crippen molar-refractivity contribution in [2.75, 3.05) is 27.7 Å². The van der Waals surface area contributed by atoms with Gasteiger partial charge in [-0.2, -0.15) is 0 Å². The highest BCUT2D eigenvalue weighted by molar-refractivity contribution is 5.79. The zero-order chi connectivity index (χ0) is 12.3. The van der Waals surface area contributed by atoms with Crippen molar-refractivity contribution >= 4 is 5.96 Å². The molecular formula is C14H21N3. The van der Waals surface area contributed by atoms with Gasteiger partial charge in [-0.1, -0.05) is 30.3 Å². The molecule has 1 fully saturated rings. The minimum absolute atomic E-state index is 0.340. The third-order valence-corrected chi connectivity index (χ3v) is 3.46. The van der Waals surface area contributed by atoms with Gasteiger partial charge in [-0.15, -0.1) is 0 Å². The molecule has 1 saturated carbocycles. The molecule has 0 spiro atoms.